The molecule has 0 bridgehead atoms. The summed E-state index contributed by atoms with van der Waals surface area (Å²) in [4.78, 5) is 24.9. The smallest absolute Gasteiger partial charge is 0.254 e. The number of aromatic nitrogens is 2. The number of hydrogen-bond acceptors (Lipinski definition) is 6. The number of anilines is 1. The lowest BCUT2D eigenvalue weighted by molar-refractivity contribution is 0.0929. The number of amides is 1. The van der Waals surface area contributed by atoms with Gasteiger partial charge < -0.3 is 20.2 Å². The van der Waals surface area contributed by atoms with E-state index in [-0.39, 0.29) is 12.5 Å². The summed E-state index contributed by atoms with van der Waals surface area (Å²) < 4.78 is 0. The number of piperidine rings is 1. The summed E-state index contributed by atoms with van der Waals surface area (Å²) in [5.74, 6) is 0.833. The minimum Gasteiger partial charge on any atom is -0.396 e. The van der Waals surface area contributed by atoms with Crippen LogP contribution in [0, 0.1) is 12.8 Å². The number of carbonyl (C=O) groups excluding carboxylic acids is 1. The summed E-state index contributed by atoms with van der Waals surface area (Å²) >= 11 is 0. The van der Waals surface area contributed by atoms with Crippen molar-refractivity contribution in [2.24, 2.45) is 5.92 Å². The Balaban J connectivity index is 1.83. The van der Waals surface area contributed by atoms with E-state index in [1.165, 1.54) is 0 Å². The number of nitrogens with zero attached hydrogens (tertiary/aromatic N) is 4. The summed E-state index contributed by atoms with van der Waals surface area (Å²) in [7, 11) is 3.74. The standard InChI is InChI=1S/C16H27N5O2/c1-12-14(9-18-16(19-12)20(2)3)15(23)17-6-8-21-7-4-5-13(10-21)11-22/h9,13,22H,4-8,10-11H2,1-3H3,(H,17,23)/t13-/m1/s1. The highest BCUT2D eigenvalue weighted by Gasteiger charge is 2.19. The van der Waals surface area contributed by atoms with Crippen molar-refractivity contribution < 1.29 is 9.90 Å². The zero-order valence-electron chi connectivity index (χ0n) is 14.2. The average molecular weight is 321 g/mol. The van der Waals surface area contributed by atoms with Crippen LogP contribution in [-0.4, -0.2) is 72.8 Å². The van der Waals surface area contributed by atoms with Gasteiger partial charge in [0.15, 0.2) is 0 Å². The topological polar surface area (TPSA) is 81.6 Å². The van der Waals surface area contributed by atoms with Gasteiger partial charge in [0.2, 0.25) is 5.95 Å². The molecule has 7 nitrogen and oxygen atoms in total. The Hall–Kier alpha value is -1.73. The first-order valence-electron chi connectivity index (χ1n) is 8.13. The zero-order valence-corrected chi connectivity index (χ0v) is 14.2. The third-order valence-electron chi connectivity index (χ3n) is 4.19. The number of nitrogens with one attached hydrogen (secondary N) is 1. The van der Waals surface area contributed by atoms with Gasteiger partial charge >= 0.3 is 0 Å². The summed E-state index contributed by atoms with van der Waals surface area (Å²) in [5.41, 5.74) is 1.20. The van der Waals surface area contributed by atoms with Gasteiger partial charge in [0.1, 0.15) is 0 Å². The molecule has 1 aromatic rings. The van der Waals surface area contributed by atoms with Gasteiger partial charge in [-0.05, 0) is 32.2 Å². The highest BCUT2D eigenvalue weighted by molar-refractivity contribution is 5.94. The summed E-state index contributed by atoms with van der Waals surface area (Å²) in [6, 6.07) is 0. The van der Waals surface area contributed by atoms with Gasteiger partial charge in [-0.25, -0.2) is 9.97 Å². The van der Waals surface area contributed by atoms with E-state index in [9.17, 15) is 9.90 Å². The predicted octanol–water partition coefficient (Wildman–Crippen LogP) is 0.285. The van der Waals surface area contributed by atoms with E-state index in [0.29, 0.717) is 29.7 Å². The Bertz CT molecular complexity index is 535. The fourth-order valence-corrected chi connectivity index (χ4v) is 2.82. The molecule has 1 amide bonds. The molecule has 23 heavy (non-hydrogen) atoms. The summed E-state index contributed by atoms with van der Waals surface area (Å²) in [5, 5.41) is 12.2. The Morgan fingerprint density at radius 2 is 2.30 bits per heavy atom. The maximum atomic E-state index is 12.2. The number of hydrogen-bond donors (Lipinski definition) is 2. The Kier molecular flexibility index (Phi) is 6.29. The van der Waals surface area contributed by atoms with Crippen molar-refractivity contribution in [2.75, 3.05) is 51.8 Å². The SMILES string of the molecule is Cc1nc(N(C)C)ncc1C(=O)NCCN1CCC[C@@H](CO)C1. The van der Waals surface area contributed by atoms with E-state index < -0.39 is 0 Å². The first kappa shape index (κ1) is 17.6. The maximum Gasteiger partial charge on any atom is 0.254 e. The van der Waals surface area contributed by atoms with Gasteiger partial charge in [-0.3, -0.25) is 4.79 Å². The van der Waals surface area contributed by atoms with Gasteiger partial charge in [-0.15, -0.1) is 0 Å². The van der Waals surface area contributed by atoms with Crippen LogP contribution in [0.25, 0.3) is 0 Å². The summed E-state index contributed by atoms with van der Waals surface area (Å²) in [6.07, 6.45) is 3.78. The minimum absolute atomic E-state index is 0.136. The molecule has 128 valence electrons. The molecule has 0 aromatic carbocycles. The largest absolute Gasteiger partial charge is 0.396 e. The van der Waals surface area contributed by atoms with Gasteiger partial charge in [0, 0.05) is 46.5 Å². The first-order chi connectivity index (χ1) is 11.0. The van der Waals surface area contributed by atoms with E-state index in [2.05, 4.69) is 20.2 Å². The number of aryl methyl sites for hydroxylation is 1. The number of carbonyl (C=O) groups is 1. The molecule has 1 saturated heterocycles. The van der Waals surface area contributed by atoms with Crippen molar-refractivity contribution in [3.63, 3.8) is 0 Å². The van der Waals surface area contributed by atoms with Crippen LogP contribution >= 0.6 is 0 Å². The normalized spacial score (nSPS) is 18.7. The van der Waals surface area contributed by atoms with Crippen molar-refractivity contribution in [2.45, 2.75) is 19.8 Å². The van der Waals surface area contributed by atoms with E-state index in [4.69, 9.17) is 0 Å². The van der Waals surface area contributed by atoms with Crippen LogP contribution in [0.4, 0.5) is 5.95 Å². The number of aliphatic hydroxyl groups is 1. The molecule has 0 unspecified atom stereocenters. The van der Waals surface area contributed by atoms with Crippen LogP contribution in [0.3, 0.4) is 0 Å². The molecule has 2 N–H and O–H groups in total. The lowest BCUT2D eigenvalue weighted by Crippen LogP contribution is -2.41. The molecule has 1 fully saturated rings. The number of likely N-dealkylation sites (tertiary alicyclic amines) is 1. The highest BCUT2D eigenvalue weighted by atomic mass is 16.3. The quantitative estimate of drug-likeness (QED) is 0.783. The van der Waals surface area contributed by atoms with Crippen molar-refractivity contribution in [3.05, 3.63) is 17.5 Å². The van der Waals surface area contributed by atoms with E-state index >= 15 is 0 Å². The van der Waals surface area contributed by atoms with Crippen molar-refractivity contribution >= 4 is 11.9 Å². The van der Waals surface area contributed by atoms with E-state index in [0.717, 1.165) is 32.5 Å². The molecular weight excluding hydrogens is 294 g/mol. The lowest BCUT2D eigenvalue weighted by atomic mass is 9.99. The molecule has 1 aromatic heterocycles. The van der Waals surface area contributed by atoms with Gasteiger partial charge in [0.05, 0.1) is 11.3 Å². The lowest BCUT2D eigenvalue weighted by Gasteiger charge is -2.31. The maximum absolute atomic E-state index is 12.2. The molecule has 0 radical (unpaired) electrons. The second kappa shape index (κ2) is 8.21. The molecule has 0 saturated carbocycles. The molecule has 0 spiro atoms. The van der Waals surface area contributed by atoms with Crippen LogP contribution in [0.2, 0.25) is 0 Å². The fourth-order valence-electron chi connectivity index (χ4n) is 2.82. The van der Waals surface area contributed by atoms with Crippen LogP contribution in [0.5, 0.6) is 0 Å². The van der Waals surface area contributed by atoms with Crippen molar-refractivity contribution in [1.82, 2.24) is 20.2 Å². The van der Waals surface area contributed by atoms with Crippen LogP contribution in [0.1, 0.15) is 28.9 Å². The van der Waals surface area contributed by atoms with Crippen LogP contribution < -0.4 is 10.2 Å². The van der Waals surface area contributed by atoms with Crippen LogP contribution in [0.15, 0.2) is 6.20 Å². The second-order valence-electron chi connectivity index (χ2n) is 6.31. The number of rotatable bonds is 6. The van der Waals surface area contributed by atoms with Crippen molar-refractivity contribution in [3.8, 4) is 0 Å². The fraction of sp³-hybridized carbons (Fsp3) is 0.688. The Morgan fingerprint density at radius 3 is 2.96 bits per heavy atom. The molecule has 0 aliphatic carbocycles. The Morgan fingerprint density at radius 1 is 1.52 bits per heavy atom. The van der Waals surface area contributed by atoms with Gasteiger partial charge in [-0.2, -0.15) is 0 Å². The minimum atomic E-state index is -0.136. The molecule has 2 rings (SSSR count). The molecular formula is C16H27N5O2. The molecule has 1 atom stereocenters. The second-order valence-corrected chi connectivity index (χ2v) is 6.31. The van der Waals surface area contributed by atoms with Gasteiger partial charge in [-0.1, -0.05) is 0 Å². The third-order valence-corrected chi connectivity index (χ3v) is 4.19. The zero-order chi connectivity index (χ0) is 16.8. The predicted molar refractivity (Wildman–Crippen MR) is 89.7 cm³/mol. The molecule has 1 aliphatic heterocycles. The van der Waals surface area contributed by atoms with Crippen LogP contribution in [-0.2, 0) is 0 Å². The molecule has 2 heterocycles. The summed E-state index contributed by atoms with van der Waals surface area (Å²) in [6.45, 7) is 5.40. The Labute approximate surface area is 137 Å². The average Bonchev–Trinajstić information content (AvgIpc) is 2.54. The molecule has 1 aliphatic rings. The van der Waals surface area contributed by atoms with E-state index in [1.807, 2.05) is 25.9 Å². The van der Waals surface area contributed by atoms with Crippen molar-refractivity contribution in [1.29, 1.82) is 0 Å². The number of aliphatic hydroxyl groups excluding tert-OH is 1. The highest BCUT2D eigenvalue weighted by Crippen LogP contribution is 2.15. The van der Waals surface area contributed by atoms with E-state index in [1.54, 1.807) is 6.20 Å². The first-order valence-corrected chi connectivity index (χ1v) is 8.13. The van der Waals surface area contributed by atoms with Gasteiger partial charge in [0.25, 0.3) is 5.91 Å². The third kappa shape index (κ3) is 4.87. The molecule has 7 heteroatoms. The monoisotopic (exact) mass is 321 g/mol.